The van der Waals surface area contributed by atoms with Gasteiger partial charge in [-0.25, -0.2) is 0 Å². The van der Waals surface area contributed by atoms with E-state index < -0.39 is 0 Å². The zero-order chi connectivity index (χ0) is 18.4. The number of aromatic nitrogens is 1. The second-order valence-electron chi connectivity index (χ2n) is 6.95. The molecule has 5 nitrogen and oxygen atoms in total. The number of carbonyl (C=O) groups is 1. The Labute approximate surface area is 165 Å². The minimum atomic E-state index is 0.0606. The maximum atomic E-state index is 13.3. The van der Waals surface area contributed by atoms with Gasteiger partial charge in [0.15, 0.2) is 11.5 Å². The predicted molar refractivity (Wildman–Crippen MR) is 106 cm³/mol. The van der Waals surface area contributed by atoms with Gasteiger partial charge in [-0.3, -0.25) is 4.79 Å². The number of hydrogen-bond donors (Lipinski definition) is 1. The van der Waals surface area contributed by atoms with Crippen LogP contribution in [0.1, 0.15) is 34.8 Å². The Hall–Kier alpha value is -2.47. The molecule has 1 atom stereocenters. The summed E-state index contributed by atoms with van der Waals surface area (Å²) in [5, 5.41) is 0.946. The number of ether oxygens (including phenoxy) is 2. The van der Waals surface area contributed by atoms with Gasteiger partial charge in [0.2, 0.25) is 0 Å². The van der Waals surface area contributed by atoms with Crippen molar-refractivity contribution in [1.82, 2.24) is 9.88 Å². The van der Waals surface area contributed by atoms with E-state index in [9.17, 15) is 4.79 Å². The van der Waals surface area contributed by atoms with Crippen molar-refractivity contribution in [2.75, 3.05) is 19.8 Å². The van der Waals surface area contributed by atoms with E-state index in [4.69, 9.17) is 9.47 Å². The molecule has 6 heteroatoms. The van der Waals surface area contributed by atoms with E-state index in [1.54, 1.807) is 0 Å². The normalized spacial score (nSPS) is 18.9. The highest BCUT2D eigenvalue weighted by molar-refractivity contribution is 9.10. The third-order valence-corrected chi connectivity index (χ3v) is 5.83. The quantitative estimate of drug-likeness (QED) is 0.646. The predicted octanol–water partition coefficient (Wildman–Crippen LogP) is 4.68. The molecule has 27 heavy (non-hydrogen) atoms. The van der Waals surface area contributed by atoms with Crippen molar-refractivity contribution in [2.24, 2.45) is 0 Å². The number of hydrogen-bond acceptors (Lipinski definition) is 3. The molecule has 1 unspecified atom stereocenters. The topological polar surface area (TPSA) is 54.6 Å². The van der Waals surface area contributed by atoms with Gasteiger partial charge in [-0.15, -0.1) is 0 Å². The second kappa shape index (κ2) is 6.60. The molecule has 0 radical (unpaired) electrons. The standard InChI is InChI=1S/C21H19BrN2O3/c22-14-4-5-17-15(11-14)16(12-23-17)21(25)24-7-1-2-18(24)13-3-6-19-20(10-13)27-9-8-26-19/h3-6,10-12,18,23H,1-2,7-9H2. The van der Waals surface area contributed by atoms with Gasteiger partial charge in [-0.1, -0.05) is 22.0 Å². The fourth-order valence-corrected chi connectivity index (χ4v) is 4.41. The lowest BCUT2D eigenvalue weighted by Gasteiger charge is -2.26. The number of nitrogens with zero attached hydrogens (tertiary/aromatic N) is 1. The van der Waals surface area contributed by atoms with Gasteiger partial charge in [-0.2, -0.15) is 0 Å². The third-order valence-electron chi connectivity index (χ3n) is 5.34. The van der Waals surface area contributed by atoms with Crippen molar-refractivity contribution in [1.29, 1.82) is 0 Å². The Balaban J connectivity index is 1.48. The summed E-state index contributed by atoms with van der Waals surface area (Å²) in [7, 11) is 0. The van der Waals surface area contributed by atoms with Gasteiger partial charge in [0.25, 0.3) is 5.91 Å². The molecule has 2 aromatic carbocycles. The van der Waals surface area contributed by atoms with E-state index in [0.717, 1.165) is 57.4 Å². The Morgan fingerprint density at radius 3 is 2.85 bits per heavy atom. The lowest BCUT2D eigenvalue weighted by atomic mass is 10.0. The highest BCUT2D eigenvalue weighted by Gasteiger charge is 2.32. The van der Waals surface area contributed by atoms with Crippen molar-refractivity contribution < 1.29 is 14.3 Å². The third kappa shape index (κ3) is 2.88. The minimum absolute atomic E-state index is 0.0606. The molecule has 1 fully saturated rings. The monoisotopic (exact) mass is 426 g/mol. The van der Waals surface area contributed by atoms with Crippen LogP contribution in [0.5, 0.6) is 11.5 Å². The largest absolute Gasteiger partial charge is 0.486 e. The molecule has 0 saturated carbocycles. The van der Waals surface area contributed by atoms with E-state index in [2.05, 4.69) is 27.0 Å². The average molecular weight is 427 g/mol. The molecule has 3 aromatic rings. The molecule has 2 aliphatic heterocycles. The van der Waals surface area contributed by atoms with Gasteiger partial charge in [-0.05, 0) is 48.7 Å². The van der Waals surface area contributed by atoms with E-state index in [0.29, 0.717) is 13.2 Å². The Bertz CT molecular complexity index is 1030. The number of fused-ring (bicyclic) bond motifs is 2. The highest BCUT2D eigenvalue weighted by atomic mass is 79.9. The fourth-order valence-electron chi connectivity index (χ4n) is 4.05. The number of likely N-dealkylation sites (tertiary alicyclic amines) is 1. The zero-order valence-electron chi connectivity index (χ0n) is 14.7. The molecule has 1 saturated heterocycles. The first kappa shape index (κ1) is 16.7. The summed E-state index contributed by atoms with van der Waals surface area (Å²) in [5.74, 6) is 1.62. The first-order chi connectivity index (χ1) is 13.2. The lowest BCUT2D eigenvalue weighted by Crippen LogP contribution is -2.30. The smallest absolute Gasteiger partial charge is 0.256 e. The molecule has 1 amide bonds. The minimum Gasteiger partial charge on any atom is -0.486 e. The number of aromatic amines is 1. The van der Waals surface area contributed by atoms with Crippen molar-refractivity contribution in [2.45, 2.75) is 18.9 Å². The number of rotatable bonds is 2. The first-order valence-electron chi connectivity index (χ1n) is 9.18. The van der Waals surface area contributed by atoms with Crippen molar-refractivity contribution in [3.63, 3.8) is 0 Å². The Morgan fingerprint density at radius 1 is 1.11 bits per heavy atom. The van der Waals surface area contributed by atoms with Crippen LogP contribution in [0, 0.1) is 0 Å². The Kier molecular flexibility index (Phi) is 4.08. The van der Waals surface area contributed by atoms with Gasteiger partial charge < -0.3 is 19.4 Å². The zero-order valence-corrected chi connectivity index (χ0v) is 16.3. The summed E-state index contributed by atoms with van der Waals surface area (Å²) in [6.45, 7) is 1.91. The van der Waals surface area contributed by atoms with Gasteiger partial charge in [0.1, 0.15) is 13.2 Å². The summed E-state index contributed by atoms with van der Waals surface area (Å²) in [6, 6.07) is 12.0. The van der Waals surface area contributed by atoms with Gasteiger partial charge >= 0.3 is 0 Å². The molecule has 0 aliphatic carbocycles. The SMILES string of the molecule is O=C(c1c[nH]c2ccc(Br)cc12)N1CCCC1c1ccc2c(c1)OCCO2. The molecule has 3 heterocycles. The van der Waals surface area contributed by atoms with Crippen molar-refractivity contribution >= 4 is 32.7 Å². The molecular weight excluding hydrogens is 408 g/mol. The van der Waals surface area contributed by atoms with Crippen molar-refractivity contribution in [3.05, 3.63) is 58.2 Å². The number of halogens is 1. The molecule has 0 bridgehead atoms. The maximum absolute atomic E-state index is 13.3. The lowest BCUT2D eigenvalue weighted by molar-refractivity contribution is 0.0737. The number of amides is 1. The Morgan fingerprint density at radius 2 is 1.96 bits per heavy atom. The van der Waals surface area contributed by atoms with Gasteiger partial charge in [0, 0.05) is 28.1 Å². The maximum Gasteiger partial charge on any atom is 0.256 e. The van der Waals surface area contributed by atoms with E-state index >= 15 is 0 Å². The molecule has 1 aromatic heterocycles. The summed E-state index contributed by atoms with van der Waals surface area (Å²) in [4.78, 5) is 18.5. The van der Waals surface area contributed by atoms with E-state index in [1.165, 1.54) is 0 Å². The van der Waals surface area contributed by atoms with Crippen LogP contribution in [0.2, 0.25) is 0 Å². The molecular formula is C21H19BrN2O3. The average Bonchev–Trinajstić information content (AvgIpc) is 3.34. The molecule has 138 valence electrons. The summed E-state index contributed by atoms with van der Waals surface area (Å²) < 4.78 is 12.3. The number of nitrogens with one attached hydrogen (secondary N) is 1. The summed E-state index contributed by atoms with van der Waals surface area (Å²) >= 11 is 3.50. The number of benzene rings is 2. The first-order valence-corrected chi connectivity index (χ1v) is 9.97. The van der Waals surface area contributed by atoms with Crippen LogP contribution in [0.25, 0.3) is 10.9 Å². The van der Waals surface area contributed by atoms with E-state index in [-0.39, 0.29) is 11.9 Å². The molecule has 2 aliphatic rings. The van der Waals surface area contributed by atoms with E-state index in [1.807, 2.05) is 41.4 Å². The summed E-state index contributed by atoms with van der Waals surface area (Å²) in [6.07, 6.45) is 3.77. The van der Waals surface area contributed by atoms with Crippen LogP contribution in [0.15, 0.2) is 47.1 Å². The number of H-pyrrole nitrogens is 1. The highest BCUT2D eigenvalue weighted by Crippen LogP contribution is 2.39. The second-order valence-corrected chi connectivity index (χ2v) is 7.87. The van der Waals surface area contributed by atoms with Crippen LogP contribution in [-0.2, 0) is 0 Å². The van der Waals surface area contributed by atoms with Crippen molar-refractivity contribution in [3.8, 4) is 11.5 Å². The van der Waals surface area contributed by atoms with Crippen LogP contribution in [0.4, 0.5) is 0 Å². The van der Waals surface area contributed by atoms with Gasteiger partial charge in [0.05, 0.1) is 11.6 Å². The molecule has 0 spiro atoms. The molecule has 1 N–H and O–H groups in total. The van der Waals surface area contributed by atoms with Crippen LogP contribution < -0.4 is 9.47 Å². The summed E-state index contributed by atoms with van der Waals surface area (Å²) in [5.41, 5.74) is 2.79. The van der Waals surface area contributed by atoms with Crippen LogP contribution >= 0.6 is 15.9 Å². The van der Waals surface area contributed by atoms with Crippen LogP contribution in [0.3, 0.4) is 0 Å². The van der Waals surface area contributed by atoms with Crippen LogP contribution in [-0.4, -0.2) is 35.5 Å². The fraction of sp³-hybridized carbons (Fsp3) is 0.286. The number of carbonyl (C=O) groups excluding carboxylic acids is 1. The molecule has 5 rings (SSSR count).